The van der Waals surface area contributed by atoms with Gasteiger partial charge in [0.25, 0.3) is 0 Å². The summed E-state index contributed by atoms with van der Waals surface area (Å²) in [5.74, 6) is -0.508. The zero-order chi connectivity index (χ0) is 20.6. The highest BCUT2D eigenvalue weighted by Gasteiger charge is 2.37. The van der Waals surface area contributed by atoms with Crippen molar-refractivity contribution in [2.75, 3.05) is 4.90 Å². The van der Waals surface area contributed by atoms with E-state index in [1.54, 1.807) is 6.07 Å². The van der Waals surface area contributed by atoms with Crippen molar-refractivity contribution in [2.45, 2.75) is 40.0 Å². The number of amides is 2. The fourth-order valence-corrected chi connectivity index (χ4v) is 4.27. The van der Waals surface area contributed by atoms with E-state index in [1.165, 1.54) is 42.4 Å². The number of hydrazone groups is 1. The molecule has 7 nitrogen and oxygen atoms in total. The lowest BCUT2D eigenvalue weighted by Crippen LogP contribution is -2.32. The molecule has 0 spiro atoms. The summed E-state index contributed by atoms with van der Waals surface area (Å²) >= 11 is 1.29. The third-order valence-electron chi connectivity index (χ3n) is 4.43. The largest absolute Gasteiger partial charge is 0.359 e. The Morgan fingerprint density at radius 2 is 1.75 bits per heavy atom. The van der Waals surface area contributed by atoms with Crippen molar-refractivity contribution >= 4 is 40.2 Å². The van der Waals surface area contributed by atoms with Crippen LogP contribution in [0.25, 0.3) is 0 Å². The van der Waals surface area contributed by atoms with Crippen LogP contribution >= 0.6 is 11.8 Å². The number of carbonyl (C=O) groups excluding carboxylic acids is 3. The van der Waals surface area contributed by atoms with E-state index < -0.39 is 5.37 Å². The number of carbonyl (C=O) groups is 3. The monoisotopic (exact) mass is 398 g/mol. The molecule has 0 aliphatic carbocycles. The number of thioether (sulfide) groups is 1. The number of amidine groups is 1. The van der Waals surface area contributed by atoms with Gasteiger partial charge in [-0.2, -0.15) is 0 Å². The van der Waals surface area contributed by atoms with Crippen molar-refractivity contribution < 1.29 is 14.4 Å². The van der Waals surface area contributed by atoms with Crippen LogP contribution in [0.4, 0.5) is 5.69 Å². The Morgan fingerprint density at radius 1 is 1.11 bits per heavy atom. The van der Waals surface area contributed by atoms with Crippen LogP contribution in [0.1, 0.15) is 53.5 Å². The quantitative estimate of drug-likeness (QED) is 0.798. The Kier molecular flexibility index (Phi) is 5.42. The van der Waals surface area contributed by atoms with Gasteiger partial charge in [-0.05, 0) is 39.0 Å². The molecule has 2 aromatic rings. The van der Waals surface area contributed by atoms with Crippen molar-refractivity contribution in [3.8, 4) is 0 Å². The van der Waals surface area contributed by atoms with Crippen molar-refractivity contribution in [1.29, 1.82) is 0 Å². The molecule has 146 valence electrons. The van der Waals surface area contributed by atoms with Crippen molar-refractivity contribution in [2.24, 2.45) is 5.10 Å². The smallest absolute Gasteiger partial charge is 0.241 e. The number of aryl methyl sites for hydroxylation is 2. The normalized spacial score (nSPS) is 16.1. The van der Waals surface area contributed by atoms with E-state index in [-0.39, 0.29) is 17.6 Å². The summed E-state index contributed by atoms with van der Waals surface area (Å²) in [6.45, 7) is 8.17. The van der Waals surface area contributed by atoms with Crippen molar-refractivity contribution in [1.82, 2.24) is 9.99 Å². The van der Waals surface area contributed by atoms with Crippen LogP contribution in [0.15, 0.2) is 35.4 Å². The van der Waals surface area contributed by atoms with Gasteiger partial charge in [-0.15, -0.1) is 5.10 Å². The molecule has 1 aliphatic heterocycles. The zero-order valence-corrected chi connectivity index (χ0v) is 17.3. The lowest BCUT2D eigenvalue weighted by atomic mass is 10.2. The van der Waals surface area contributed by atoms with Gasteiger partial charge >= 0.3 is 0 Å². The number of Topliss-reactive ketones (excluding diaryl/α,β-unsaturated/α-hetero) is 1. The Labute approximate surface area is 167 Å². The fraction of sp³-hybridized carbons (Fsp3) is 0.300. The zero-order valence-electron chi connectivity index (χ0n) is 16.4. The number of aromatic nitrogens is 1. The van der Waals surface area contributed by atoms with Gasteiger partial charge < -0.3 is 4.98 Å². The van der Waals surface area contributed by atoms with Crippen LogP contribution in [-0.4, -0.2) is 32.8 Å². The van der Waals surface area contributed by atoms with Gasteiger partial charge in [0.15, 0.2) is 11.0 Å². The molecular weight excluding hydrogens is 376 g/mol. The molecule has 0 bridgehead atoms. The maximum absolute atomic E-state index is 12.4. The van der Waals surface area contributed by atoms with Gasteiger partial charge in [0.05, 0.1) is 11.4 Å². The Hall–Kier alpha value is -2.87. The number of rotatable bonds is 3. The van der Waals surface area contributed by atoms with Crippen LogP contribution in [0.5, 0.6) is 0 Å². The molecule has 3 rings (SSSR count). The van der Waals surface area contributed by atoms with E-state index in [4.69, 9.17) is 0 Å². The van der Waals surface area contributed by atoms with Gasteiger partial charge in [-0.3, -0.25) is 19.3 Å². The summed E-state index contributed by atoms with van der Waals surface area (Å²) in [4.78, 5) is 41.0. The lowest BCUT2D eigenvalue weighted by molar-refractivity contribution is -0.129. The van der Waals surface area contributed by atoms with Gasteiger partial charge in [-0.1, -0.05) is 29.5 Å². The average Bonchev–Trinajstić information content (AvgIpc) is 3.20. The number of nitrogens with zero attached hydrogens (tertiary/aromatic N) is 3. The van der Waals surface area contributed by atoms with Gasteiger partial charge in [0, 0.05) is 25.1 Å². The molecule has 0 saturated heterocycles. The predicted octanol–water partition coefficient (Wildman–Crippen LogP) is 3.75. The Morgan fingerprint density at radius 3 is 2.25 bits per heavy atom. The maximum atomic E-state index is 12.4. The molecular formula is C20H22N4O3S. The molecule has 1 N–H and O–H groups in total. The molecule has 1 aromatic carbocycles. The standard InChI is InChI=1S/C20H22N4O3S/c1-11-6-8-16(9-7-11)23(14(4)26)20-22-24(15(5)27)19(28-20)18-10-17(13(3)25)12(2)21-18/h6-10,19,21H,1-5H3. The van der Waals surface area contributed by atoms with E-state index in [1.807, 2.05) is 38.1 Å². The number of ketones is 1. The average molecular weight is 398 g/mol. The Balaban J connectivity index is 1.99. The van der Waals surface area contributed by atoms with Crippen LogP contribution in [0.2, 0.25) is 0 Å². The Bertz CT molecular complexity index is 978. The number of anilines is 1. The second-order valence-corrected chi connectivity index (χ2v) is 7.77. The molecule has 0 fully saturated rings. The molecule has 0 saturated carbocycles. The summed E-state index contributed by atoms with van der Waals surface area (Å²) in [7, 11) is 0. The summed E-state index contributed by atoms with van der Waals surface area (Å²) < 4.78 is 0. The third kappa shape index (κ3) is 3.73. The topological polar surface area (TPSA) is 85.8 Å². The highest BCUT2D eigenvalue weighted by atomic mass is 32.2. The van der Waals surface area contributed by atoms with E-state index in [2.05, 4.69) is 10.1 Å². The predicted molar refractivity (Wildman–Crippen MR) is 110 cm³/mol. The highest BCUT2D eigenvalue weighted by Crippen LogP contribution is 2.41. The minimum atomic E-state index is -0.480. The number of hydrogen-bond donors (Lipinski definition) is 1. The molecule has 1 aromatic heterocycles. The van der Waals surface area contributed by atoms with Crippen LogP contribution < -0.4 is 4.90 Å². The maximum Gasteiger partial charge on any atom is 0.241 e. The second-order valence-electron chi connectivity index (χ2n) is 6.73. The van der Waals surface area contributed by atoms with Gasteiger partial charge in [0.1, 0.15) is 5.37 Å². The van der Waals surface area contributed by atoms with E-state index >= 15 is 0 Å². The number of nitrogens with one attached hydrogen (secondary N) is 1. The summed E-state index contributed by atoms with van der Waals surface area (Å²) in [5, 5.41) is 5.68. The van der Waals surface area contributed by atoms with Crippen molar-refractivity contribution in [3.05, 3.63) is 52.8 Å². The second kappa shape index (κ2) is 7.63. The molecule has 0 radical (unpaired) electrons. The minimum absolute atomic E-state index is 0.0523. The lowest BCUT2D eigenvalue weighted by Gasteiger charge is -2.20. The van der Waals surface area contributed by atoms with E-state index in [0.717, 1.165) is 11.3 Å². The SMILES string of the molecule is CC(=O)c1cc(C2SC(N(C(C)=O)c3ccc(C)cc3)=NN2C(C)=O)[nH]c1C. The molecule has 1 unspecified atom stereocenters. The van der Waals surface area contributed by atoms with E-state index in [9.17, 15) is 14.4 Å². The number of aromatic amines is 1. The summed E-state index contributed by atoms with van der Waals surface area (Å²) in [5.41, 5.74) is 3.77. The number of benzene rings is 1. The first kappa shape index (κ1) is 19.9. The number of hydrogen-bond acceptors (Lipinski definition) is 5. The van der Waals surface area contributed by atoms with Gasteiger partial charge in [-0.25, -0.2) is 5.01 Å². The first-order chi connectivity index (χ1) is 13.2. The molecule has 1 aliphatic rings. The van der Waals surface area contributed by atoms with Crippen LogP contribution in [-0.2, 0) is 9.59 Å². The van der Waals surface area contributed by atoms with E-state index in [0.29, 0.717) is 22.1 Å². The molecule has 1 atom stereocenters. The van der Waals surface area contributed by atoms with Crippen LogP contribution in [0.3, 0.4) is 0 Å². The third-order valence-corrected chi connectivity index (χ3v) is 5.59. The molecule has 8 heteroatoms. The minimum Gasteiger partial charge on any atom is -0.359 e. The van der Waals surface area contributed by atoms with Crippen LogP contribution in [0, 0.1) is 13.8 Å². The fourth-order valence-electron chi connectivity index (χ4n) is 3.05. The first-order valence-electron chi connectivity index (χ1n) is 8.82. The molecule has 2 heterocycles. The summed E-state index contributed by atoms with van der Waals surface area (Å²) in [6.07, 6.45) is 0. The van der Waals surface area contributed by atoms with Gasteiger partial charge in [0.2, 0.25) is 11.8 Å². The highest BCUT2D eigenvalue weighted by molar-refractivity contribution is 8.14. The molecule has 28 heavy (non-hydrogen) atoms. The summed E-state index contributed by atoms with van der Waals surface area (Å²) in [6, 6.07) is 9.27. The number of H-pyrrole nitrogens is 1. The molecule has 2 amide bonds. The first-order valence-corrected chi connectivity index (χ1v) is 9.70. The van der Waals surface area contributed by atoms with Crippen molar-refractivity contribution in [3.63, 3.8) is 0 Å².